The highest BCUT2D eigenvalue weighted by Gasteiger charge is 2.16. The Morgan fingerprint density at radius 1 is 0.941 bits per heavy atom. The lowest BCUT2D eigenvalue weighted by Gasteiger charge is -2.18. The van der Waals surface area contributed by atoms with Crippen molar-refractivity contribution in [3.63, 3.8) is 0 Å². The average Bonchev–Trinajstić information content (AvgIpc) is 3.20. The predicted molar refractivity (Wildman–Crippen MR) is 129 cm³/mol. The minimum Gasteiger partial charge on any atom is -0.486 e. The van der Waals surface area contributed by atoms with Crippen LogP contribution >= 0.6 is 0 Å². The molecule has 1 amide bonds. The highest BCUT2D eigenvalue weighted by Crippen LogP contribution is 2.31. The SMILES string of the molecule is O=C(Cc1ccc2c(c1)OCCO2)Nc1n[nH]c2cc(NS(=O)(=O)Cc3ccccc3)ccc12. The molecule has 174 valence electrons. The lowest BCUT2D eigenvalue weighted by atomic mass is 10.1. The standard InChI is InChI=1S/C24H22N4O5S/c29-23(13-17-6-9-21-22(12-17)33-11-10-32-21)25-24-19-8-7-18(14-20(19)26-27-24)28-34(30,31)15-16-4-2-1-3-5-16/h1-9,12,14,28H,10-11,13,15H2,(H2,25,26,27,29). The third-order valence-corrected chi connectivity index (χ3v) is 6.52. The summed E-state index contributed by atoms with van der Waals surface area (Å²) in [5.41, 5.74) is 2.48. The number of nitrogens with one attached hydrogen (secondary N) is 3. The van der Waals surface area contributed by atoms with E-state index in [0.29, 0.717) is 52.7 Å². The van der Waals surface area contributed by atoms with Crippen LogP contribution in [0.1, 0.15) is 11.1 Å². The summed E-state index contributed by atoms with van der Waals surface area (Å²) in [4.78, 5) is 12.6. The van der Waals surface area contributed by atoms with E-state index in [2.05, 4.69) is 20.2 Å². The molecule has 0 spiro atoms. The van der Waals surface area contributed by atoms with Crippen molar-refractivity contribution in [2.24, 2.45) is 0 Å². The minimum absolute atomic E-state index is 0.129. The summed E-state index contributed by atoms with van der Waals surface area (Å²) in [6.45, 7) is 0.988. The number of carbonyl (C=O) groups is 1. The summed E-state index contributed by atoms with van der Waals surface area (Å²) in [6.07, 6.45) is 0.141. The Kier molecular flexibility index (Phi) is 5.81. The van der Waals surface area contributed by atoms with Crippen LogP contribution in [0.2, 0.25) is 0 Å². The van der Waals surface area contributed by atoms with E-state index in [9.17, 15) is 13.2 Å². The number of fused-ring (bicyclic) bond motifs is 2. The average molecular weight is 479 g/mol. The molecule has 34 heavy (non-hydrogen) atoms. The number of aromatic amines is 1. The first-order valence-corrected chi connectivity index (χ1v) is 12.3. The molecule has 1 aliphatic rings. The first-order valence-electron chi connectivity index (χ1n) is 10.7. The second-order valence-electron chi connectivity index (χ2n) is 7.88. The first-order chi connectivity index (χ1) is 16.4. The molecule has 2 heterocycles. The Hall–Kier alpha value is -4.05. The van der Waals surface area contributed by atoms with Crippen LogP contribution < -0.4 is 19.5 Å². The Morgan fingerprint density at radius 3 is 2.56 bits per heavy atom. The molecule has 5 rings (SSSR count). The minimum atomic E-state index is -3.58. The van der Waals surface area contributed by atoms with Gasteiger partial charge in [-0.05, 0) is 41.5 Å². The van der Waals surface area contributed by atoms with Crippen LogP contribution in [-0.2, 0) is 27.0 Å². The number of carbonyl (C=O) groups excluding carboxylic acids is 1. The van der Waals surface area contributed by atoms with Crippen molar-refractivity contribution in [3.05, 3.63) is 77.9 Å². The zero-order valence-electron chi connectivity index (χ0n) is 18.1. The summed E-state index contributed by atoms with van der Waals surface area (Å²) < 4.78 is 38.7. The van der Waals surface area contributed by atoms with Crippen molar-refractivity contribution in [3.8, 4) is 11.5 Å². The van der Waals surface area contributed by atoms with Gasteiger partial charge in [0.1, 0.15) is 13.2 Å². The van der Waals surface area contributed by atoms with E-state index in [4.69, 9.17) is 9.47 Å². The van der Waals surface area contributed by atoms with Crippen LogP contribution in [0.15, 0.2) is 66.7 Å². The highest BCUT2D eigenvalue weighted by molar-refractivity contribution is 7.91. The van der Waals surface area contributed by atoms with E-state index in [1.807, 2.05) is 12.1 Å². The Bertz CT molecular complexity index is 1450. The van der Waals surface area contributed by atoms with Gasteiger partial charge in [-0.2, -0.15) is 5.10 Å². The quantitative estimate of drug-likeness (QED) is 0.374. The van der Waals surface area contributed by atoms with Crippen LogP contribution in [0.3, 0.4) is 0 Å². The number of nitrogens with zero attached hydrogens (tertiary/aromatic N) is 1. The molecule has 1 aromatic heterocycles. The maximum atomic E-state index is 12.6. The van der Waals surface area contributed by atoms with Gasteiger partial charge in [-0.25, -0.2) is 8.42 Å². The Balaban J connectivity index is 1.26. The third-order valence-electron chi connectivity index (χ3n) is 5.26. The zero-order chi connectivity index (χ0) is 23.5. The molecule has 1 aliphatic heterocycles. The summed E-state index contributed by atoms with van der Waals surface area (Å²) in [5.74, 6) is 1.30. The highest BCUT2D eigenvalue weighted by atomic mass is 32.2. The van der Waals surface area contributed by atoms with Gasteiger partial charge in [-0.15, -0.1) is 0 Å². The van der Waals surface area contributed by atoms with Crippen molar-refractivity contribution < 1.29 is 22.7 Å². The van der Waals surface area contributed by atoms with Crippen molar-refractivity contribution in [2.45, 2.75) is 12.2 Å². The number of rotatable bonds is 7. The van der Waals surface area contributed by atoms with Gasteiger partial charge < -0.3 is 14.8 Å². The number of ether oxygens (including phenoxy) is 2. The van der Waals surface area contributed by atoms with Crippen molar-refractivity contribution in [1.82, 2.24) is 10.2 Å². The lowest BCUT2D eigenvalue weighted by Crippen LogP contribution is -2.17. The molecule has 0 saturated heterocycles. The molecule has 0 saturated carbocycles. The van der Waals surface area contributed by atoms with Gasteiger partial charge in [0.25, 0.3) is 0 Å². The third kappa shape index (κ3) is 4.96. The van der Waals surface area contributed by atoms with Gasteiger partial charge in [0.15, 0.2) is 17.3 Å². The van der Waals surface area contributed by atoms with E-state index in [1.165, 1.54) is 0 Å². The number of anilines is 2. The molecule has 0 unspecified atom stereocenters. The molecule has 10 heteroatoms. The maximum Gasteiger partial charge on any atom is 0.236 e. The van der Waals surface area contributed by atoms with Crippen LogP contribution in [0, 0.1) is 0 Å². The lowest BCUT2D eigenvalue weighted by molar-refractivity contribution is -0.115. The van der Waals surface area contributed by atoms with E-state index < -0.39 is 10.0 Å². The van der Waals surface area contributed by atoms with Gasteiger partial charge in [0.05, 0.1) is 23.4 Å². The van der Waals surface area contributed by atoms with Crippen molar-refractivity contribution in [1.29, 1.82) is 0 Å². The van der Waals surface area contributed by atoms with E-state index in [0.717, 1.165) is 5.56 Å². The van der Waals surface area contributed by atoms with Gasteiger partial charge in [-0.1, -0.05) is 36.4 Å². The fourth-order valence-electron chi connectivity index (χ4n) is 3.75. The van der Waals surface area contributed by atoms with E-state index in [1.54, 1.807) is 54.6 Å². The van der Waals surface area contributed by atoms with Crippen LogP contribution in [0.25, 0.3) is 10.9 Å². The molecule has 0 radical (unpaired) electrons. The smallest absolute Gasteiger partial charge is 0.236 e. The van der Waals surface area contributed by atoms with E-state index in [-0.39, 0.29) is 18.1 Å². The molecule has 0 aliphatic carbocycles. The second-order valence-corrected chi connectivity index (χ2v) is 9.60. The summed E-state index contributed by atoms with van der Waals surface area (Å²) in [6, 6.07) is 19.3. The van der Waals surface area contributed by atoms with Crippen LogP contribution in [0.4, 0.5) is 11.5 Å². The Morgan fingerprint density at radius 2 is 1.74 bits per heavy atom. The molecule has 3 aromatic carbocycles. The fourth-order valence-corrected chi connectivity index (χ4v) is 4.94. The fraction of sp³-hybridized carbons (Fsp3) is 0.167. The summed E-state index contributed by atoms with van der Waals surface area (Å²) in [7, 11) is -3.58. The maximum absolute atomic E-state index is 12.6. The molecule has 0 fully saturated rings. The number of sulfonamides is 1. The summed E-state index contributed by atoms with van der Waals surface area (Å²) >= 11 is 0. The predicted octanol–water partition coefficient (Wildman–Crippen LogP) is 3.46. The normalized spacial score (nSPS) is 12.9. The van der Waals surface area contributed by atoms with Crippen molar-refractivity contribution >= 4 is 38.3 Å². The first kappa shape index (κ1) is 21.8. The number of benzene rings is 3. The number of hydrogen-bond donors (Lipinski definition) is 3. The van der Waals surface area contributed by atoms with Crippen LogP contribution in [0.5, 0.6) is 11.5 Å². The summed E-state index contributed by atoms with van der Waals surface area (Å²) in [5, 5.41) is 10.5. The largest absolute Gasteiger partial charge is 0.486 e. The zero-order valence-corrected chi connectivity index (χ0v) is 18.9. The molecular weight excluding hydrogens is 456 g/mol. The second kappa shape index (κ2) is 9.06. The van der Waals surface area contributed by atoms with Crippen molar-refractivity contribution in [2.75, 3.05) is 23.3 Å². The molecule has 3 N–H and O–H groups in total. The molecule has 0 bridgehead atoms. The Labute approximate surface area is 196 Å². The monoisotopic (exact) mass is 478 g/mol. The van der Waals surface area contributed by atoms with Gasteiger partial charge in [0, 0.05) is 5.39 Å². The topological polar surface area (TPSA) is 122 Å². The van der Waals surface area contributed by atoms with Gasteiger partial charge in [0.2, 0.25) is 15.9 Å². The number of H-pyrrole nitrogens is 1. The molecule has 9 nitrogen and oxygen atoms in total. The van der Waals surface area contributed by atoms with Gasteiger partial charge in [-0.3, -0.25) is 14.6 Å². The number of amides is 1. The molecular formula is C24H22N4O5S. The molecule has 0 atom stereocenters. The number of hydrogen-bond acceptors (Lipinski definition) is 6. The number of aromatic nitrogens is 2. The molecule has 4 aromatic rings. The van der Waals surface area contributed by atoms with E-state index >= 15 is 0 Å². The van der Waals surface area contributed by atoms with Crippen LogP contribution in [-0.4, -0.2) is 37.7 Å². The van der Waals surface area contributed by atoms with Gasteiger partial charge >= 0.3 is 0 Å².